The Morgan fingerprint density at radius 2 is 1.80 bits per heavy atom. The molecule has 1 fully saturated rings. The summed E-state index contributed by atoms with van der Waals surface area (Å²) in [5, 5.41) is 3.55. The molecular weight excluding hydrogens is 670 g/mol. The van der Waals surface area contributed by atoms with Gasteiger partial charge in [0.15, 0.2) is 0 Å². The van der Waals surface area contributed by atoms with Gasteiger partial charge in [-0.15, -0.1) is 0 Å². The molecule has 4 aromatic rings. The van der Waals surface area contributed by atoms with Gasteiger partial charge in [0.1, 0.15) is 11.6 Å². The SMILES string of the molecule is CCN(C=O)c1ccc(C(=O)OC)cc1N.CCOc1cccc(CN2CCC(c3cccc(Cl)c3F)C2C(=O)Nc2cccc(Cl)c2)c1. The molecule has 1 heterocycles. The molecule has 0 bridgehead atoms. The first-order chi connectivity index (χ1) is 23.6. The maximum Gasteiger partial charge on any atom is 0.337 e. The average molecular weight is 710 g/mol. The van der Waals surface area contributed by atoms with Gasteiger partial charge in [0.2, 0.25) is 12.3 Å². The molecule has 12 heteroatoms. The first-order valence-corrected chi connectivity index (χ1v) is 16.5. The van der Waals surface area contributed by atoms with Crippen LogP contribution in [0.1, 0.15) is 47.7 Å². The number of carbonyl (C=O) groups excluding carboxylic acids is 3. The van der Waals surface area contributed by atoms with Crippen LogP contribution >= 0.6 is 23.2 Å². The van der Waals surface area contributed by atoms with Gasteiger partial charge in [0, 0.05) is 29.7 Å². The number of nitrogens with two attached hydrogens (primary N) is 1. The van der Waals surface area contributed by atoms with Crippen molar-refractivity contribution in [3.05, 3.63) is 117 Å². The molecule has 4 aromatic carbocycles. The van der Waals surface area contributed by atoms with E-state index in [0.717, 1.165) is 11.3 Å². The Labute approximate surface area is 295 Å². The van der Waals surface area contributed by atoms with Gasteiger partial charge in [-0.2, -0.15) is 0 Å². The lowest BCUT2D eigenvalue weighted by atomic mass is 9.90. The zero-order valence-electron chi connectivity index (χ0n) is 27.5. The van der Waals surface area contributed by atoms with Crippen LogP contribution in [-0.2, 0) is 20.9 Å². The quantitative estimate of drug-likeness (QED) is 0.0939. The number of amides is 2. The zero-order valence-corrected chi connectivity index (χ0v) is 29.0. The summed E-state index contributed by atoms with van der Waals surface area (Å²) in [6.45, 7) is 6.05. The predicted octanol–water partition coefficient (Wildman–Crippen LogP) is 7.57. The van der Waals surface area contributed by atoms with Crippen LogP contribution in [-0.4, -0.2) is 56.0 Å². The number of ether oxygens (including phenoxy) is 2. The standard InChI is InChI=1S/C26H25Cl2FN2O2.C11H14N2O3/c1-2-33-20-9-3-6-17(14-20)16-31-13-12-22(21-10-5-11-23(28)24(21)29)25(31)26(32)30-19-8-4-7-18(27)15-19;1-3-13(7-14)10-5-4-8(6-9(10)12)11(15)16-2/h3-11,14-15,22,25H,2,12-13,16H2,1H3,(H,30,32);4-7H,3,12H2,1-2H3. The van der Waals surface area contributed by atoms with Gasteiger partial charge in [-0.25, -0.2) is 9.18 Å². The van der Waals surface area contributed by atoms with Crippen molar-refractivity contribution in [3.8, 4) is 5.75 Å². The highest BCUT2D eigenvalue weighted by molar-refractivity contribution is 6.31. The van der Waals surface area contributed by atoms with Crippen molar-refractivity contribution in [2.45, 2.75) is 38.8 Å². The van der Waals surface area contributed by atoms with Crippen molar-refractivity contribution in [1.29, 1.82) is 0 Å². The molecule has 258 valence electrons. The Hall–Kier alpha value is -4.64. The molecule has 1 aliphatic rings. The van der Waals surface area contributed by atoms with Crippen molar-refractivity contribution >= 4 is 58.6 Å². The molecule has 2 atom stereocenters. The molecule has 5 rings (SSSR count). The number of anilines is 3. The third-order valence-corrected chi connectivity index (χ3v) is 8.59. The number of halogens is 3. The molecule has 0 saturated carbocycles. The Morgan fingerprint density at radius 1 is 1.04 bits per heavy atom. The fraction of sp³-hybridized carbons (Fsp3) is 0.270. The van der Waals surface area contributed by atoms with E-state index in [9.17, 15) is 18.8 Å². The van der Waals surface area contributed by atoms with Gasteiger partial charge >= 0.3 is 5.97 Å². The summed E-state index contributed by atoms with van der Waals surface area (Å²) < 4.78 is 25.1. The van der Waals surface area contributed by atoms with Crippen molar-refractivity contribution < 1.29 is 28.2 Å². The minimum atomic E-state index is -0.576. The van der Waals surface area contributed by atoms with E-state index in [0.29, 0.717) is 72.3 Å². The van der Waals surface area contributed by atoms with Crippen LogP contribution in [0.3, 0.4) is 0 Å². The van der Waals surface area contributed by atoms with Gasteiger partial charge in [-0.05, 0) is 92.5 Å². The topological polar surface area (TPSA) is 114 Å². The molecule has 0 spiro atoms. The maximum absolute atomic E-state index is 14.9. The number of rotatable bonds is 11. The lowest BCUT2D eigenvalue weighted by Crippen LogP contribution is -2.42. The number of nitrogens with zero attached hydrogens (tertiary/aromatic N) is 2. The van der Waals surface area contributed by atoms with Gasteiger partial charge < -0.3 is 25.4 Å². The van der Waals surface area contributed by atoms with E-state index in [1.165, 1.54) is 24.1 Å². The minimum absolute atomic E-state index is 0.0596. The largest absolute Gasteiger partial charge is 0.494 e. The Kier molecular flexibility index (Phi) is 13.4. The van der Waals surface area contributed by atoms with Crippen LogP contribution in [0.4, 0.5) is 21.5 Å². The third-order valence-electron chi connectivity index (χ3n) is 8.06. The molecule has 2 amide bonds. The first-order valence-electron chi connectivity index (χ1n) is 15.8. The smallest absolute Gasteiger partial charge is 0.337 e. The van der Waals surface area contributed by atoms with Gasteiger partial charge in [-0.1, -0.05) is 53.5 Å². The normalized spacial score (nSPS) is 15.5. The molecule has 1 aliphatic heterocycles. The molecule has 3 N–H and O–H groups in total. The highest BCUT2D eigenvalue weighted by Crippen LogP contribution is 2.38. The highest BCUT2D eigenvalue weighted by atomic mass is 35.5. The number of hydrogen-bond acceptors (Lipinski definition) is 7. The molecule has 0 aliphatic carbocycles. The van der Waals surface area contributed by atoms with Gasteiger partial charge in [-0.3, -0.25) is 14.5 Å². The fourth-order valence-corrected chi connectivity index (χ4v) is 6.17. The summed E-state index contributed by atoms with van der Waals surface area (Å²) in [5.74, 6) is -0.679. The Morgan fingerprint density at radius 3 is 2.47 bits per heavy atom. The zero-order chi connectivity index (χ0) is 35.5. The number of nitrogen functional groups attached to an aromatic ring is 1. The Bertz CT molecular complexity index is 1770. The van der Waals surface area contributed by atoms with Gasteiger partial charge in [0.25, 0.3) is 0 Å². The monoisotopic (exact) mass is 708 g/mol. The third kappa shape index (κ3) is 9.50. The summed E-state index contributed by atoms with van der Waals surface area (Å²) in [4.78, 5) is 39.0. The molecule has 1 saturated heterocycles. The van der Waals surface area contributed by atoms with Crippen LogP contribution < -0.4 is 20.7 Å². The van der Waals surface area contributed by atoms with Crippen molar-refractivity contribution in [3.63, 3.8) is 0 Å². The lowest BCUT2D eigenvalue weighted by Gasteiger charge is -2.28. The summed E-state index contributed by atoms with van der Waals surface area (Å²) in [7, 11) is 1.30. The van der Waals surface area contributed by atoms with Crippen molar-refractivity contribution in [2.24, 2.45) is 0 Å². The van der Waals surface area contributed by atoms with E-state index in [2.05, 4.69) is 15.0 Å². The van der Waals surface area contributed by atoms with Crippen LogP contribution in [0.5, 0.6) is 5.75 Å². The van der Waals surface area contributed by atoms with Gasteiger partial charge in [0.05, 0.1) is 41.7 Å². The summed E-state index contributed by atoms with van der Waals surface area (Å²) >= 11 is 12.2. The van der Waals surface area contributed by atoms with Crippen LogP contribution in [0.15, 0.2) is 84.9 Å². The number of hydrogen-bond donors (Lipinski definition) is 2. The van der Waals surface area contributed by atoms with E-state index in [1.807, 2.05) is 38.1 Å². The van der Waals surface area contributed by atoms with Crippen molar-refractivity contribution in [2.75, 3.05) is 42.8 Å². The molecule has 0 aromatic heterocycles. The molecular formula is C37H39Cl2FN4O5. The average Bonchev–Trinajstić information content (AvgIpc) is 3.50. The summed E-state index contributed by atoms with van der Waals surface area (Å²) in [5.41, 5.74) is 9.16. The van der Waals surface area contributed by atoms with E-state index in [-0.39, 0.29) is 16.8 Å². The van der Waals surface area contributed by atoms with E-state index >= 15 is 0 Å². The second-order valence-corrected chi connectivity index (χ2v) is 12.0. The summed E-state index contributed by atoms with van der Waals surface area (Å²) in [6.07, 6.45) is 1.33. The molecule has 0 radical (unpaired) electrons. The van der Waals surface area contributed by atoms with E-state index in [1.54, 1.807) is 48.5 Å². The first kappa shape index (κ1) is 37.2. The number of nitrogens with one attached hydrogen (secondary N) is 1. The minimum Gasteiger partial charge on any atom is -0.494 e. The Balaban J connectivity index is 0.000000284. The predicted molar refractivity (Wildman–Crippen MR) is 192 cm³/mol. The van der Waals surface area contributed by atoms with Crippen LogP contribution in [0.25, 0.3) is 0 Å². The van der Waals surface area contributed by atoms with Crippen LogP contribution in [0.2, 0.25) is 10.0 Å². The lowest BCUT2D eigenvalue weighted by molar-refractivity contribution is -0.121. The number of carbonyl (C=O) groups is 3. The van der Waals surface area contributed by atoms with E-state index < -0.39 is 17.8 Å². The molecule has 49 heavy (non-hydrogen) atoms. The van der Waals surface area contributed by atoms with Crippen molar-refractivity contribution in [1.82, 2.24) is 4.90 Å². The summed E-state index contributed by atoms with van der Waals surface area (Å²) in [6, 6.07) is 23.9. The highest BCUT2D eigenvalue weighted by Gasteiger charge is 2.41. The fourth-order valence-electron chi connectivity index (χ4n) is 5.79. The number of esters is 1. The molecule has 9 nitrogen and oxygen atoms in total. The number of likely N-dealkylation sites (tertiary alicyclic amines) is 1. The number of methoxy groups -OCH3 is 1. The maximum atomic E-state index is 14.9. The number of benzene rings is 4. The molecule has 2 unspecified atom stereocenters. The van der Waals surface area contributed by atoms with E-state index in [4.69, 9.17) is 33.7 Å². The second kappa shape index (κ2) is 17.7. The van der Waals surface area contributed by atoms with Crippen LogP contribution in [0, 0.1) is 5.82 Å². The second-order valence-electron chi connectivity index (χ2n) is 11.2.